The van der Waals surface area contributed by atoms with E-state index in [4.69, 9.17) is 9.15 Å². The SMILES string of the molecule is COc1cccc2cc(C(=O)C3=C(O)C(=O)N(Cc4ccc(F)cc4)C3c3ccc(C(C)(C)C)cc3)oc12. The molecule has 0 saturated heterocycles. The molecule has 3 aromatic carbocycles. The van der Waals surface area contributed by atoms with E-state index in [1.807, 2.05) is 24.3 Å². The summed E-state index contributed by atoms with van der Waals surface area (Å²) in [4.78, 5) is 28.6. The van der Waals surface area contributed by atoms with Crippen molar-refractivity contribution < 1.29 is 28.2 Å². The Labute approximate surface area is 219 Å². The van der Waals surface area contributed by atoms with Gasteiger partial charge >= 0.3 is 0 Å². The largest absolute Gasteiger partial charge is 0.503 e. The first kappa shape index (κ1) is 25.3. The van der Waals surface area contributed by atoms with Crippen molar-refractivity contribution in [3.05, 3.63) is 112 Å². The van der Waals surface area contributed by atoms with Crippen molar-refractivity contribution >= 4 is 22.7 Å². The summed E-state index contributed by atoms with van der Waals surface area (Å²) < 4.78 is 24.7. The van der Waals surface area contributed by atoms with Gasteiger partial charge in [-0.15, -0.1) is 0 Å². The molecule has 1 aliphatic rings. The van der Waals surface area contributed by atoms with Gasteiger partial charge in [-0.2, -0.15) is 0 Å². The zero-order valence-electron chi connectivity index (χ0n) is 21.6. The molecular formula is C31H28FNO5. The molecule has 0 spiro atoms. The first-order chi connectivity index (χ1) is 18.1. The first-order valence-corrected chi connectivity index (χ1v) is 12.3. The number of hydrogen-bond acceptors (Lipinski definition) is 5. The van der Waals surface area contributed by atoms with Crippen molar-refractivity contribution in [2.24, 2.45) is 0 Å². The molecule has 1 amide bonds. The van der Waals surface area contributed by atoms with Gasteiger partial charge in [0.1, 0.15) is 5.82 Å². The van der Waals surface area contributed by atoms with Crippen LogP contribution in [0.25, 0.3) is 11.0 Å². The van der Waals surface area contributed by atoms with Crippen molar-refractivity contribution in [3.8, 4) is 5.75 Å². The normalized spacial score (nSPS) is 16.0. The molecule has 1 aliphatic heterocycles. The second-order valence-corrected chi connectivity index (χ2v) is 10.4. The minimum Gasteiger partial charge on any atom is -0.503 e. The molecule has 7 heteroatoms. The Balaban J connectivity index is 1.60. The van der Waals surface area contributed by atoms with Crippen LogP contribution in [0.3, 0.4) is 0 Å². The van der Waals surface area contributed by atoms with Gasteiger partial charge < -0.3 is 19.2 Å². The van der Waals surface area contributed by atoms with Crippen molar-refractivity contribution in [2.45, 2.75) is 38.8 Å². The smallest absolute Gasteiger partial charge is 0.290 e. The lowest BCUT2D eigenvalue weighted by molar-refractivity contribution is -0.130. The van der Waals surface area contributed by atoms with E-state index < -0.39 is 29.3 Å². The highest BCUT2D eigenvalue weighted by Crippen LogP contribution is 2.41. The van der Waals surface area contributed by atoms with Crippen LogP contribution in [0.1, 0.15) is 54.1 Å². The van der Waals surface area contributed by atoms with Crippen LogP contribution in [0.4, 0.5) is 4.39 Å². The number of nitrogens with zero attached hydrogens (tertiary/aromatic N) is 1. The van der Waals surface area contributed by atoms with E-state index in [1.54, 1.807) is 36.4 Å². The van der Waals surface area contributed by atoms with Gasteiger partial charge in [-0.05, 0) is 46.4 Å². The van der Waals surface area contributed by atoms with E-state index >= 15 is 0 Å². The lowest BCUT2D eigenvalue weighted by Crippen LogP contribution is -2.30. The van der Waals surface area contributed by atoms with Crippen LogP contribution in [-0.4, -0.2) is 28.8 Å². The van der Waals surface area contributed by atoms with Crippen molar-refractivity contribution in [3.63, 3.8) is 0 Å². The second-order valence-electron chi connectivity index (χ2n) is 10.4. The number of benzene rings is 3. The van der Waals surface area contributed by atoms with Gasteiger partial charge in [0, 0.05) is 11.9 Å². The zero-order chi connectivity index (χ0) is 27.2. The Bertz CT molecular complexity index is 1560. The highest BCUT2D eigenvalue weighted by atomic mass is 19.1. The number of aliphatic hydroxyl groups is 1. The fourth-order valence-electron chi connectivity index (χ4n) is 4.79. The molecule has 0 fully saturated rings. The number of ether oxygens (including phenoxy) is 1. The van der Waals surface area contributed by atoms with E-state index in [0.29, 0.717) is 27.8 Å². The van der Waals surface area contributed by atoms with E-state index in [1.165, 1.54) is 24.1 Å². The second kappa shape index (κ2) is 9.49. The summed E-state index contributed by atoms with van der Waals surface area (Å²) in [6.45, 7) is 6.36. The van der Waals surface area contributed by atoms with E-state index in [2.05, 4.69) is 20.8 Å². The third-order valence-corrected chi connectivity index (χ3v) is 6.86. The predicted molar refractivity (Wildman–Crippen MR) is 142 cm³/mol. The Morgan fingerprint density at radius 3 is 2.37 bits per heavy atom. The van der Waals surface area contributed by atoms with Crippen LogP contribution in [-0.2, 0) is 16.8 Å². The Morgan fingerprint density at radius 2 is 1.74 bits per heavy atom. The molecule has 4 aromatic rings. The number of furan rings is 1. The number of methoxy groups -OCH3 is 1. The zero-order valence-corrected chi connectivity index (χ0v) is 21.6. The lowest BCUT2D eigenvalue weighted by Gasteiger charge is -2.27. The van der Waals surface area contributed by atoms with Crippen LogP contribution in [0.2, 0.25) is 0 Å². The fraction of sp³-hybridized carbons (Fsp3) is 0.226. The maximum absolute atomic E-state index is 13.8. The monoisotopic (exact) mass is 513 g/mol. The molecule has 0 bridgehead atoms. The third kappa shape index (κ3) is 4.45. The standard InChI is InChI=1S/C31H28FNO5/c1-31(2,3)21-12-10-19(11-13-21)26-25(27(34)24-16-20-6-5-7-23(37-4)29(20)38-24)28(35)30(36)33(26)17-18-8-14-22(32)15-9-18/h5-16,26,35H,17H2,1-4H3. The molecule has 0 radical (unpaired) electrons. The summed E-state index contributed by atoms with van der Waals surface area (Å²) in [6, 6.07) is 19.4. The average molecular weight is 514 g/mol. The third-order valence-electron chi connectivity index (χ3n) is 6.86. The molecule has 194 valence electrons. The summed E-state index contributed by atoms with van der Waals surface area (Å²) in [5.74, 6) is -1.85. The van der Waals surface area contributed by atoms with Gasteiger partial charge in [0.25, 0.3) is 5.91 Å². The molecular weight excluding hydrogens is 485 g/mol. The number of amides is 1. The average Bonchev–Trinajstić information content (AvgIpc) is 3.44. The topological polar surface area (TPSA) is 80.0 Å². The van der Waals surface area contributed by atoms with Crippen molar-refractivity contribution in [1.29, 1.82) is 0 Å². The molecule has 6 nitrogen and oxygen atoms in total. The highest BCUT2D eigenvalue weighted by molar-refractivity contribution is 6.16. The number of carbonyl (C=O) groups excluding carboxylic acids is 2. The summed E-state index contributed by atoms with van der Waals surface area (Å²) in [7, 11) is 1.51. The first-order valence-electron chi connectivity index (χ1n) is 12.3. The maximum Gasteiger partial charge on any atom is 0.290 e. The Kier molecular flexibility index (Phi) is 6.31. The van der Waals surface area contributed by atoms with Crippen LogP contribution >= 0.6 is 0 Å². The number of halogens is 1. The number of ketones is 1. The number of hydrogen-bond donors (Lipinski definition) is 1. The van der Waals surface area contributed by atoms with Crippen LogP contribution in [0.15, 0.2) is 88.5 Å². The van der Waals surface area contributed by atoms with Crippen LogP contribution in [0.5, 0.6) is 5.75 Å². The highest BCUT2D eigenvalue weighted by Gasteiger charge is 2.44. The Hall–Kier alpha value is -4.39. The van der Waals surface area contributed by atoms with Gasteiger partial charge in [0.15, 0.2) is 22.9 Å². The van der Waals surface area contributed by atoms with Gasteiger partial charge in [-0.25, -0.2) is 4.39 Å². The van der Waals surface area contributed by atoms with Crippen molar-refractivity contribution in [2.75, 3.05) is 7.11 Å². The molecule has 0 aliphatic carbocycles. The van der Waals surface area contributed by atoms with E-state index in [0.717, 1.165) is 5.56 Å². The molecule has 1 N–H and O–H groups in total. The van der Waals surface area contributed by atoms with Crippen LogP contribution in [0, 0.1) is 5.82 Å². The van der Waals surface area contributed by atoms with Gasteiger partial charge in [0.05, 0.1) is 18.7 Å². The van der Waals surface area contributed by atoms with Gasteiger partial charge in [-0.3, -0.25) is 9.59 Å². The summed E-state index contributed by atoms with van der Waals surface area (Å²) in [6.07, 6.45) is 0. The number of Topliss-reactive ketones (excluding diaryl/α,β-unsaturated/α-hetero) is 1. The molecule has 0 saturated carbocycles. The predicted octanol–water partition coefficient (Wildman–Crippen LogP) is 6.66. The van der Waals surface area contributed by atoms with Gasteiger partial charge in [0.2, 0.25) is 5.78 Å². The lowest BCUT2D eigenvalue weighted by atomic mass is 9.85. The number of para-hydroxylation sites is 1. The van der Waals surface area contributed by atoms with E-state index in [9.17, 15) is 19.1 Å². The minimum atomic E-state index is -0.871. The summed E-state index contributed by atoms with van der Waals surface area (Å²) in [5.41, 5.74) is 2.64. The fourth-order valence-corrected chi connectivity index (χ4v) is 4.79. The minimum absolute atomic E-state index is 0.0150. The molecule has 1 unspecified atom stereocenters. The number of rotatable bonds is 6. The van der Waals surface area contributed by atoms with E-state index in [-0.39, 0.29) is 23.3 Å². The molecule has 5 rings (SSSR count). The number of fused-ring (bicyclic) bond motifs is 1. The molecule has 38 heavy (non-hydrogen) atoms. The molecule has 1 aromatic heterocycles. The van der Waals surface area contributed by atoms with Gasteiger partial charge in [-0.1, -0.05) is 69.3 Å². The maximum atomic E-state index is 13.8. The number of carbonyl (C=O) groups is 2. The molecule has 1 atom stereocenters. The summed E-state index contributed by atoms with van der Waals surface area (Å²) >= 11 is 0. The van der Waals surface area contributed by atoms with Crippen LogP contribution < -0.4 is 4.74 Å². The number of aliphatic hydroxyl groups excluding tert-OH is 1. The van der Waals surface area contributed by atoms with Crippen molar-refractivity contribution in [1.82, 2.24) is 4.90 Å². The Morgan fingerprint density at radius 1 is 1.05 bits per heavy atom. The summed E-state index contributed by atoms with van der Waals surface area (Å²) in [5, 5.41) is 11.7. The molecule has 2 heterocycles. The quantitative estimate of drug-likeness (QED) is 0.292.